The molecule has 0 aliphatic heterocycles. The summed E-state index contributed by atoms with van der Waals surface area (Å²) in [6.07, 6.45) is 0. The first-order valence-corrected chi connectivity index (χ1v) is 4.52. The lowest BCUT2D eigenvalue weighted by Gasteiger charge is -2.07. The monoisotopic (exact) mass is 243 g/mol. The summed E-state index contributed by atoms with van der Waals surface area (Å²) in [4.78, 5) is 0. The van der Waals surface area contributed by atoms with Crippen molar-refractivity contribution in [1.29, 1.82) is 0 Å². The Bertz CT molecular complexity index is 534. The summed E-state index contributed by atoms with van der Waals surface area (Å²) in [7, 11) is 0. The van der Waals surface area contributed by atoms with Gasteiger partial charge in [0.1, 0.15) is 0 Å². The minimum atomic E-state index is -2.17. The highest BCUT2D eigenvalue weighted by molar-refractivity contribution is 5.64. The first kappa shape index (κ1) is 11.6. The molecule has 1 radical (unpaired) electrons. The largest absolute Gasteiger partial charge is 0.203 e. The van der Waals surface area contributed by atoms with Crippen molar-refractivity contribution in [3.63, 3.8) is 0 Å². The molecule has 0 aliphatic rings. The lowest BCUT2D eigenvalue weighted by atomic mass is 10.0. The Morgan fingerprint density at radius 1 is 0.706 bits per heavy atom. The van der Waals surface area contributed by atoms with E-state index < -0.39 is 34.6 Å². The summed E-state index contributed by atoms with van der Waals surface area (Å²) < 4.78 is 65.3. The van der Waals surface area contributed by atoms with E-state index in [9.17, 15) is 22.0 Å². The molecule has 0 saturated carbocycles. The maximum atomic E-state index is 13.3. The molecule has 0 spiro atoms. The van der Waals surface area contributed by atoms with Crippen LogP contribution < -0.4 is 0 Å². The van der Waals surface area contributed by atoms with Crippen molar-refractivity contribution in [2.24, 2.45) is 0 Å². The third-order valence-corrected chi connectivity index (χ3v) is 2.19. The average molecular weight is 243 g/mol. The maximum absolute atomic E-state index is 13.3. The number of rotatable bonds is 1. The topological polar surface area (TPSA) is 0 Å². The molecule has 2 aromatic carbocycles. The van der Waals surface area contributed by atoms with E-state index in [-0.39, 0.29) is 5.56 Å². The van der Waals surface area contributed by atoms with Crippen molar-refractivity contribution in [3.8, 4) is 11.1 Å². The van der Waals surface area contributed by atoms with E-state index in [1.54, 1.807) is 0 Å². The summed E-state index contributed by atoms with van der Waals surface area (Å²) in [5.41, 5.74) is -1.16. The Morgan fingerprint density at radius 3 is 1.71 bits per heavy atom. The van der Waals surface area contributed by atoms with Crippen LogP contribution in [-0.4, -0.2) is 0 Å². The quantitative estimate of drug-likeness (QED) is 0.405. The van der Waals surface area contributed by atoms with E-state index in [0.29, 0.717) is 0 Å². The van der Waals surface area contributed by atoms with Crippen molar-refractivity contribution in [3.05, 3.63) is 59.4 Å². The van der Waals surface area contributed by atoms with Crippen LogP contribution in [0.15, 0.2) is 24.3 Å². The Kier molecular flexibility index (Phi) is 2.83. The molecule has 0 unspecified atom stereocenters. The average Bonchev–Trinajstić information content (AvgIpc) is 2.36. The predicted octanol–water partition coefficient (Wildman–Crippen LogP) is 3.85. The normalized spacial score (nSPS) is 10.6. The van der Waals surface area contributed by atoms with Crippen molar-refractivity contribution >= 4 is 0 Å². The first-order chi connectivity index (χ1) is 8.04. The third kappa shape index (κ3) is 1.77. The second-order valence-corrected chi connectivity index (χ2v) is 3.22. The van der Waals surface area contributed by atoms with Gasteiger partial charge in [0.05, 0.1) is 5.56 Å². The van der Waals surface area contributed by atoms with Crippen molar-refractivity contribution < 1.29 is 22.0 Å². The molecule has 0 nitrogen and oxygen atoms in total. The van der Waals surface area contributed by atoms with Gasteiger partial charge in [0, 0.05) is 0 Å². The standard InChI is InChI=1S/C12H4F5/c13-8-7(6-4-2-1-3-5-6)9(14)11(16)12(17)10(8)15/h1-4H. The maximum Gasteiger partial charge on any atom is 0.200 e. The molecule has 0 aromatic heterocycles. The van der Waals surface area contributed by atoms with Crippen molar-refractivity contribution in [1.82, 2.24) is 0 Å². The third-order valence-electron chi connectivity index (χ3n) is 2.19. The molecule has 2 rings (SSSR count). The van der Waals surface area contributed by atoms with Crippen LogP contribution in [0.5, 0.6) is 0 Å². The van der Waals surface area contributed by atoms with E-state index in [4.69, 9.17) is 0 Å². The van der Waals surface area contributed by atoms with Crippen LogP contribution >= 0.6 is 0 Å². The summed E-state index contributed by atoms with van der Waals surface area (Å²) in [6.45, 7) is 0. The Morgan fingerprint density at radius 2 is 1.24 bits per heavy atom. The lowest BCUT2D eigenvalue weighted by molar-refractivity contribution is 0.381. The number of halogens is 5. The van der Waals surface area contributed by atoms with Gasteiger partial charge >= 0.3 is 0 Å². The van der Waals surface area contributed by atoms with Gasteiger partial charge in [-0.15, -0.1) is 0 Å². The summed E-state index contributed by atoms with van der Waals surface area (Å²) in [6, 6.07) is 7.84. The van der Waals surface area contributed by atoms with E-state index in [1.807, 2.05) is 0 Å². The van der Waals surface area contributed by atoms with Crippen LogP contribution in [0.4, 0.5) is 22.0 Å². The van der Waals surface area contributed by atoms with Gasteiger partial charge in [-0.3, -0.25) is 0 Å². The van der Waals surface area contributed by atoms with Crippen LogP contribution in [0.2, 0.25) is 0 Å². The molecule has 5 heteroatoms. The highest BCUT2D eigenvalue weighted by Gasteiger charge is 2.26. The zero-order valence-electron chi connectivity index (χ0n) is 8.20. The van der Waals surface area contributed by atoms with Crippen LogP contribution in [0, 0.1) is 35.2 Å². The van der Waals surface area contributed by atoms with Gasteiger partial charge < -0.3 is 0 Å². The number of benzene rings is 2. The molecule has 0 fully saturated rings. The molecule has 17 heavy (non-hydrogen) atoms. The molecular formula is C12H4F5. The number of hydrogen-bond donors (Lipinski definition) is 0. The van der Waals surface area contributed by atoms with Crippen molar-refractivity contribution in [2.75, 3.05) is 0 Å². The molecule has 0 saturated heterocycles. The minimum Gasteiger partial charge on any atom is -0.203 e. The van der Waals surface area contributed by atoms with Gasteiger partial charge in [-0.1, -0.05) is 24.3 Å². The molecule has 0 heterocycles. The smallest absolute Gasteiger partial charge is 0.200 e. The summed E-state index contributed by atoms with van der Waals surface area (Å²) in [5.74, 6) is -9.81. The van der Waals surface area contributed by atoms with Crippen LogP contribution in [-0.2, 0) is 0 Å². The van der Waals surface area contributed by atoms with E-state index in [1.165, 1.54) is 24.3 Å². The SMILES string of the molecule is Fc1c(F)c(F)c(-c2[c]cccc2)c(F)c1F. The molecule has 0 amide bonds. The zero-order valence-corrected chi connectivity index (χ0v) is 8.20. The summed E-state index contributed by atoms with van der Waals surface area (Å²) >= 11 is 0. The highest BCUT2D eigenvalue weighted by atomic mass is 19.2. The first-order valence-electron chi connectivity index (χ1n) is 4.52. The van der Waals surface area contributed by atoms with Crippen LogP contribution in [0.1, 0.15) is 0 Å². The summed E-state index contributed by atoms with van der Waals surface area (Å²) in [5, 5.41) is 0. The second kappa shape index (κ2) is 4.16. The molecule has 2 aromatic rings. The predicted molar refractivity (Wildman–Crippen MR) is 50.5 cm³/mol. The fraction of sp³-hybridized carbons (Fsp3) is 0. The lowest BCUT2D eigenvalue weighted by Crippen LogP contribution is -2.03. The van der Waals surface area contributed by atoms with Gasteiger partial charge in [0.25, 0.3) is 0 Å². The molecule has 0 N–H and O–H groups in total. The minimum absolute atomic E-state index is 0.194. The Balaban J connectivity index is 2.80. The zero-order chi connectivity index (χ0) is 12.6. The molecule has 87 valence electrons. The molecule has 0 atom stereocenters. The number of hydrogen-bond acceptors (Lipinski definition) is 0. The van der Waals surface area contributed by atoms with E-state index in [2.05, 4.69) is 6.07 Å². The van der Waals surface area contributed by atoms with Crippen LogP contribution in [0.3, 0.4) is 0 Å². The fourth-order valence-corrected chi connectivity index (χ4v) is 1.39. The van der Waals surface area contributed by atoms with Gasteiger partial charge in [-0.2, -0.15) is 0 Å². The van der Waals surface area contributed by atoms with Gasteiger partial charge in [0.15, 0.2) is 23.3 Å². The second-order valence-electron chi connectivity index (χ2n) is 3.22. The van der Waals surface area contributed by atoms with Gasteiger partial charge in [-0.05, 0) is 11.6 Å². The highest BCUT2D eigenvalue weighted by Crippen LogP contribution is 2.30. The molecule has 0 aliphatic carbocycles. The fourth-order valence-electron chi connectivity index (χ4n) is 1.39. The van der Waals surface area contributed by atoms with Gasteiger partial charge in [0.2, 0.25) is 5.82 Å². The molecule has 0 bridgehead atoms. The van der Waals surface area contributed by atoms with Gasteiger partial charge in [-0.25, -0.2) is 22.0 Å². The van der Waals surface area contributed by atoms with Crippen LogP contribution in [0.25, 0.3) is 11.1 Å². The molecular weight excluding hydrogens is 239 g/mol. The van der Waals surface area contributed by atoms with E-state index in [0.717, 1.165) is 0 Å². The Hall–Kier alpha value is -1.91. The van der Waals surface area contributed by atoms with Crippen molar-refractivity contribution in [2.45, 2.75) is 0 Å². The Labute approximate surface area is 93.3 Å². The van der Waals surface area contributed by atoms with E-state index >= 15 is 0 Å².